The zero-order valence-electron chi connectivity index (χ0n) is 13.2. The minimum atomic E-state index is 0.176. The van der Waals surface area contributed by atoms with Crippen molar-refractivity contribution < 1.29 is 5.11 Å². The number of aromatic nitrogens is 2. The maximum absolute atomic E-state index is 10.5. The van der Waals surface area contributed by atoms with Gasteiger partial charge in [0, 0.05) is 34.0 Å². The van der Waals surface area contributed by atoms with Crippen LogP contribution in [-0.4, -0.2) is 34.1 Å². The van der Waals surface area contributed by atoms with E-state index in [-0.39, 0.29) is 5.75 Å². The summed E-state index contributed by atoms with van der Waals surface area (Å²) in [5.41, 5.74) is 3.51. The van der Waals surface area contributed by atoms with Crippen LogP contribution in [0.4, 0.5) is 11.4 Å². The average Bonchev–Trinajstić information content (AvgIpc) is 2.51. The first-order valence-corrected chi connectivity index (χ1v) is 8.44. The highest BCUT2D eigenvalue weighted by atomic mass is 79.9. The van der Waals surface area contributed by atoms with Crippen LogP contribution in [0.3, 0.4) is 0 Å². The third kappa shape index (κ3) is 3.61. The van der Waals surface area contributed by atoms with Crippen LogP contribution in [-0.2, 0) is 6.54 Å². The van der Waals surface area contributed by atoms with E-state index in [9.17, 15) is 5.11 Å². The summed E-state index contributed by atoms with van der Waals surface area (Å²) < 4.78 is 0.860. The molecule has 0 atom stereocenters. The summed E-state index contributed by atoms with van der Waals surface area (Å²) in [6.45, 7) is 0.587. The Morgan fingerprint density at radius 1 is 1.21 bits per heavy atom. The van der Waals surface area contributed by atoms with E-state index in [1.807, 2.05) is 31.1 Å². The Labute approximate surface area is 153 Å². The Kier molecular flexibility index (Phi) is 4.89. The van der Waals surface area contributed by atoms with Gasteiger partial charge in [0.25, 0.3) is 0 Å². The van der Waals surface area contributed by atoms with Crippen molar-refractivity contribution in [3.05, 3.63) is 51.7 Å². The molecule has 0 aliphatic carbocycles. The standard InChI is InChI=1S/C17H16BrClN4O/c1-23(2)9-10-5-12(19)7-15(17(10)24)22-13-3-4-20-14-6-11(18)8-21-16(13)14/h3-8,24H,9H2,1-2H3,(H,20,22). The number of nitrogens with one attached hydrogen (secondary N) is 1. The molecular weight excluding hydrogens is 392 g/mol. The predicted octanol–water partition coefficient (Wildman–Crippen LogP) is 4.56. The Balaban J connectivity index is 2.04. The fourth-order valence-electron chi connectivity index (χ4n) is 2.46. The van der Waals surface area contributed by atoms with Gasteiger partial charge in [-0.3, -0.25) is 9.97 Å². The smallest absolute Gasteiger partial charge is 0.143 e. The second kappa shape index (κ2) is 6.93. The molecule has 0 saturated carbocycles. The molecular formula is C17H16BrClN4O. The maximum Gasteiger partial charge on any atom is 0.143 e. The van der Waals surface area contributed by atoms with E-state index in [4.69, 9.17) is 11.6 Å². The molecule has 2 aromatic heterocycles. The molecule has 5 nitrogen and oxygen atoms in total. The summed E-state index contributed by atoms with van der Waals surface area (Å²) in [4.78, 5) is 10.7. The molecule has 24 heavy (non-hydrogen) atoms. The molecule has 2 N–H and O–H groups in total. The first-order chi connectivity index (χ1) is 11.4. The quantitative estimate of drug-likeness (QED) is 0.621. The van der Waals surface area contributed by atoms with Gasteiger partial charge in [-0.1, -0.05) is 11.6 Å². The molecule has 0 saturated heterocycles. The van der Waals surface area contributed by atoms with Crippen LogP contribution in [0, 0.1) is 0 Å². The van der Waals surface area contributed by atoms with Crippen molar-refractivity contribution >= 4 is 49.9 Å². The van der Waals surface area contributed by atoms with E-state index in [1.54, 1.807) is 24.5 Å². The molecule has 124 valence electrons. The summed E-state index contributed by atoms with van der Waals surface area (Å²) in [7, 11) is 3.87. The Bertz CT molecular complexity index is 901. The van der Waals surface area contributed by atoms with Crippen molar-refractivity contribution in [3.63, 3.8) is 0 Å². The SMILES string of the molecule is CN(C)Cc1cc(Cl)cc(Nc2ccnc3cc(Br)cnc23)c1O. The lowest BCUT2D eigenvalue weighted by Crippen LogP contribution is -2.11. The van der Waals surface area contributed by atoms with Gasteiger partial charge in [-0.2, -0.15) is 0 Å². The van der Waals surface area contributed by atoms with Crippen LogP contribution < -0.4 is 5.32 Å². The molecule has 0 aliphatic heterocycles. The highest BCUT2D eigenvalue weighted by Gasteiger charge is 2.12. The summed E-state index contributed by atoms with van der Waals surface area (Å²) in [6.07, 6.45) is 3.41. The van der Waals surface area contributed by atoms with Crippen LogP contribution in [0.5, 0.6) is 5.75 Å². The third-order valence-corrected chi connectivity index (χ3v) is 4.11. The van der Waals surface area contributed by atoms with Crippen molar-refractivity contribution in [1.82, 2.24) is 14.9 Å². The lowest BCUT2D eigenvalue weighted by molar-refractivity contribution is 0.386. The van der Waals surface area contributed by atoms with Gasteiger partial charge in [0.2, 0.25) is 0 Å². The van der Waals surface area contributed by atoms with E-state index < -0.39 is 0 Å². The zero-order valence-corrected chi connectivity index (χ0v) is 15.6. The Morgan fingerprint density at radius 2 is 2.00 bits per heavy atom. The number of phenolic OH excluding ortho intramolecular Hbond substituents is 1. The number of pyridine rings is 2. The second-order valence-electron chi connectivity index (χ2n) is 5.70. The lowest BCUT2D eigenvalue weighted by Gasteiger charge is -2.16. The number of fused-ring (bicyclic) bond motifs is 1. The highest BCUT2D eigenvalue weighted by molar-refractivity contribution is 9.10. The molecule has 0 fully saturated rings. The zero-order chi connectivity index (χ0) is 17.3. The molecule has 0 radical (unpaired) electrons. The van der Waals surface area contributed by atoms with Gasteiger partial charge < -0.3 is 15.3 Å². The van der Waals surface area contributed by atoms with Crippen molar-refractivity contribution in [3.8, 4) is 5.75 Å². The molecule has 0 aliphatic rings. The number of nitrogens with zero attached hydrogens (tertiary/aromatic N) is 3. The van der Waals surface area contributed by atoms with Gasteiger partial charge in [-0.15, -0.1) is 0 Å². The van der Waals surface area contributed by atoms with Crippen LogP contribution in [0.15, 0.2) is 41.1 Å². The average molecular weight is 408 g/mol. The summed E-state index contributed by atoms with van der Waals surface area (Å²) >= 11 is 9.60. The number of rotatable bonds is 4. The largest absolute Gasteiger partial charge is 0.505 e. The number of phenols is 1. The van der Waals surface area contributed by atoms with Gasteiger partial charge in [-0.25, -0.2) is 0 Å². The summed E-state index contributed by atoms with van der Waals surface area (Å²) in [5.74, 6) is 0.176. The highest BCUT2D eigenvalue weighted by Crippen LogP contribution is 2.35. The van der Waals surface area contributed by atoms with Crippen molar-refractivity contribution in [2.75, 3.05) is 19.4 Å². The first kappa shape index (κ1) is 17.0. The van der Waals surface area contributed by atoms with E-state index >= 15 is 0 Å². The third-order valence-electron chi connectivity index (χ3n) is 3.45. The van der Waals surface area contributed by atoms with E-state index in [1.165, 1.54) is 0 Å². The van der Waals surface area contributed by atoms with E-state index in [0.717, 1.165) is 21.2 Å². The monoisotopic (exact) mass is 406 g/mol. The van der Waals surface area contributed by atoms with Crippen LogP contribution in [0.1, 0.15) is 5.56 Å². The normalized spacial score (nSPS) is 11.2. The number of benzene rings is 1. The molecule has 7 heteroatoms. The van der Waals surface area contributed by atoms with Gasteiger partial charge in [0.15, 0.2) is 0 Å². The molecule has 0 spiro atoms. The Morgan fingerprint density at radius 3 is 2.75 bits per heavy atom. The van der Waals surface area contributed by atoms with Crippen molar-refractivity contribution in [2.24, 2.45) is 0 Å². The second-order valence-corrected chi connectivity index (χ2v) is 7.06. The van der Waals surface area contributed by atoms with Crippen LogP contribution in [0.25, 0.3) is 11.0 Å². The number of anilines is 2. The molecule has 3 aromatic rings. The van der Waals surface area contributed by atoms with Crippen LogP contribution >= 0.6 is 27.5 Å². The lowest BCUT2D eigenvalue weighted by atomic mass is 10.1. The molecule has 2 heterocycles. The number of hydrogen-bond acceptors (Lipinski definition) is 5. The van der Waals surface area contributed by atoms with Gasteiger partial charge in [-0.05, 0) is 54.3 Å². The Hall–Kier alpha value is -1.89. The molecule has 0 amide bonds. The number of hydrogen-bond donors (Lipinski definition) is 2. The van der Waals surface area contributed by atoms with E-state index in [0.29, 0.717) is 22.8 Å². The summed E-state index contributed by atoms with van der Waals surface area (Å²) in [6, 6.07) is 7.17. The van der Waals surface area contributed by atoms with Gasteiger partial charge >= 0.3 is 0 Å². The summed E-state index contributed by atoms with van der Waals surface area (Å²) in [5, 5.41) is 14.3. The molecule has 3 rings (SSSR count). The molecule has 1 aromatic carbocycles. The van der Waals surface area contributed by atoms with Gasteiger partial charge in [0.05, 0.1) is 16.9 Å². The fourth-order valence-corrected chi connectivity index (χ4v) is 3.02. The molecule has 0 bridgehead atoms. The topological polar surface area (TPSA) is 61.3 Å². The van der Waals surface area contributed by atoms with E-state index in [2.05, 4.69) is 31.2 Å². The van der Waals surface area contributed by atoms with Crippen molar-refractivity contribution in [1.29, 1.82) is 0 Å². The van der Waals surface area contributed by atoms with Crippen LogP contribution in [0.2, 0.25) is 5.02 Å². The number of aromatic hydroxyl groups is 1. The first-order valence-electron chi connectivity index (χ1n) is 7.27. The number of halogens is 2. The van der Waals surface area contributed by atoms with Crippen molar-refractivity contribution in [2.45, 2.75) is 6.54 Å². The molecule has 0 unspecified atom stereocenters. The predicted molar refractivity (Wildman–Crippen MR) is 101 cm³/mol. The maximum atomic E-state index is 10.5. The van der Waals surface area contributed by atoms with Gasteiger partial charge in [0.1, 0.15) is 11.3 Å². The fraction of sp³-hybridized carbons (Fsp3) is 0.176. The minimum absolute atomic E-state index is 0.176. The minimum Gasteiger partial charge on any atom is -0.505 e.